The normalized spacial score (nSPS) is 14.0. The number of benzene rings is 3. The van der Waals surface area contributed by atoms with Crippen molar-refractivity contribution in [3.05, 3.63) is 77.4 Å². The highest BCUT2D eigenvalue weighted by Gasteiger charge is 2.34. The number of imide groups is 1. The summed E-state index contributed by atoms with van der Waals surface area (Å²) in [6, 6.07) is 21.4. The fourth-order valence-corrected chi connectivity index (χ4v) is 7.59. The number of ether oxygens (including phenoxy) is 1. The van der Waals surface area contributed by atoms with Crippen LogP contribution in [0.3, 0.4) is 0 Å². The molecule has 3 aromatic carbocycles. The first-order valence-electron chi connectivity index (χ1n) is 13.2. The third-order valence-electron chi connectivity index (χ3n) is 6.83. The largest absolute Gasteiger partial charge is 0.464 e. The molecule has 1 unspecified atom stereocenters. The van der Waals surface area contributed by atoms with Crippen LogP contribution in [0.4, 0.5) is 5.69 Å². The van der Waals surface area contributed by atoms with Gasteiger partial charge in [0.25, 0.3) is 11.8 Å². The van der Waals surface area contributed by atoms with Crippen LogP contribution in [-0.4, -0.2) is 64.0 Å². The van der Waals surface area contributed by atoms with Gasteiger partial charge in [0.05, 0.1) is 12.6 Å². The van der Waals surface area contributed by atoms with Crippen LogP contribution in [0, 0.1) is 11.3 Å². The molecule has 1 aliphatic heterocycles. The number of carbonyl (C=O) groups is 3. The van der Waals surface area contributed by atoms with Crippen LogP contribution in [0.25, 0.3) is 10.8 Å². The van der Waals surface area contributed by atoms with Crippen LogP contribution in [0.15, 0.2) is 60.7 Å². The van der Waals surface area contributed by atoms with Crippen LogP contribution in [0.1, 0.15) is 46.0 Å². The van der Waals surface area contributed by atoms with Gasteiger partial charge >= 0.3 is 5.97 Å². The maximum absolute atomic E-state index is 13.2. The van der Waals surface area contributed by atoms with Gasteiger partial charge in [0.15, 0.2) is 0 Å². The first kappa shape index (κ1) is 30.6. The number of thioether (sulfide) groups is 2. The predicted molar refractivity (Wildman–Crippen MR) is 171 cm³/mol. The summed E-state index contributed by atoms with van der Waals surface area (Å²) in [4.78, 5) is 42.0. The van der Waals surface area contributed by atoms with Crippen molar-refractivity contribution in [1.82, 2.24) is 4.90 Å². The number of esters is 1. The van der Waals surface area contributed by atoms with Crippen molar-refractivity contribution >= 4 is 73.5 Å². The minimum absolute atomic E-state index is 0.0195. The molecule has 0 radical (unpaired) electrons. The molecular formula is C31H31N3O4S3. The zero-order valence-corrected chi connectivity index (χ0v) is 25.7. The van der Waals surface area contributed by atoms with Gasteiger partial charge in [-0.05, 0) is 43.5 Å². The van der Waals surface area contributed by atoms with Gasteiger partial charge in [0.2, 0.25) is 0 Å². The second kappa shape index (κ2) is 13.5. The molecule has 7 nitrogen and oxygen atoms in total. The Morgan fingerprint density at radius 1 is 1.05 bits per heavy atom. The van der Waals surface area contributed by atoms with Crippen LogP contribution in [-0.2, 0) is 16.0 Å². The maximum Gasteiger partial charge on any atom is 0.305 e. The van der Waals surface area contributed by atoms with E-state index in [4.69, 9.17) is 17.0 Å². The number of rotatable bonds is 11. The SMILES string of the molecule is CN(C)c1ccc2c3c(cccc13)C(=O)N(CCOC(=O)CCC(C)(C#N)SC(=S)SCCc1ccccc1)C2=O. The lowest BCUT2D eigenvalue weighted by molar-refractivity contribution is -0.144. The van der Waals surface area contributed by atoms with Gasteiger partial charge in [0, 0.05) is 53.9 Å². The van der Waals surface area contributed by atoms with Gasteiger partial charge in [-0.25, -0.2) is 0 Å². The van der Waals surface area contributed by atoms with E-state index >= 15 is 0 Å². The minimum atomic E-state index is -0.873. The topological polar surface area (TPSA) is 90.7 Å². The smallest absolute Gasteiger partial charge is 0.305 e. The zero-order chi connectivity index (χ0) is 29.6. The van der Waals surface area contributed by atoms with E-state index in [1.54, 1.807) is 25.1 Å². The number of aryl methyl sites for hydroxylation is 1. The molecule has 1 atom stereocenters. The number of thiocarbonyl (C=S) groups is 1. The molecule has 0 saturated carbocycles. The van der Waals surface area contributed by atoms with Crippen LogP contribution in [0.2, 0.25) is 0 Å². The Morgan fingerprint density at radius 2 is 1.76 bits per heavy atom. The van der Waals surface area contributed by atoms with Gasteiger partial charge in [-0.15, -0.1) is 11.8 Å². The fourth-order valence-electron chi connectivity index (χ4n) is 4.63. The first-order valence-corrected chi connectivity index (χ1v) is 15.4. The number of hydrogen-bond acceptors (Lipinski definition) is 9. The molecule has 0 saturated heterocycles. The second-order valence-corrected chi connectivity index (χ2v) is 13.8. The standard InChI is InChI=1S/C31H31N3O4S3/c1-31(20-32,41-30(39)40-19-15-21-8-5-4-6-9-21)16-14-26(35)38-18-17-34-28(36)23-11-7-10-22-25(33(2)3)13-12-24(27(22)23)29(34)37/h4-13H,14-19H2,1-3H3. The highest BCUT2D eigenvalue weighted by Crippen LogP contribution is 2.36. The quantitative estimate of drug-likeness (QED) is 0.146. The van der Waals surface area contributed by atoms with Gasteiger partial charge in [-0.2, -0.15) is 5.26 Å². The zero-order valence-electron chi connectivity index (χ0n) is 23.2. The fraction of sp³-hybridized carbons (Fsp3) is 0.323. The number of anilines is 1. The summed E-state index contributed by atoms with van der Waals surface area (Å²) in [5.41, 5.74) is 3.05. The highest BCUT2D eigenvalue weighted by atomic mass is 32.2. The lowest BCUT2D eigenvalue weighted by atomic mass is 9.93. The Labute approximate surface area is 254 Å². The molecule has 0 fully saturated rings. The molecule has 4 rings (SSSR count). The molecule has 212 valence electrons. The first-order chi connectivity index (χ1) is 19.6. The van der Waals surface area contributed by atoms with Gasteiger partial charge in [-0.3, -0.25) is 19.3 Å². The lowest BCUT2D eigenvalue weighted by Crippen LogP contribution is -2.42. The molecule has 41 heavy (non-hydrogen) atoms. The van der Waals surface area contributed by atoms with E-state index in [0.29, 0.717) is 20.0 Å². The van der Waals surface area contributed by atoms with Crippen molar-refractivity contribution in [3.63, 3.8) is 0 Å². The average molecular weight is 606 g/mol. The van der Waals surface area contributed by atoms with Gasteiger partial charge in [0.1, 0.15) is 14.9 Å². The summed E-state index contributed by atoms with van der Waals surface area (Å²) in [6.45, 7) is 1.59. The Balaban J connectivity index is 1.27. The second-order valence-electron chi connectivity index (χ2n) is 10.0. The molecular weight excluding hydrogens is 575 g/mol. The Kier molecular flexibility index (Phi) is 10.1. The van der Waals surface area contributed by atoms with Crippen LogP contribution < -0.4 is 4.90 Å². The molecule has 0 spiro atoms. The molecule has 0 N–H and O–H groups in total. The van der Waals surface area contributed by atoms with Crippen molar-refractivity contribution in [3.8, 4) is 6.07 Å². The van der Waals surface area contributed by atoms with Crippen molar-refractivity contribution in [2.24, 2.45) is 0 Å². The summed E-state index contributed by atoms with van der Waals surface area (Å²) in [5, 5.41) is 11.3. The Hall–Kier alpha value is -3.39. The van der Waals surface area contributed by atoms with E-state index in [0.717, 1.165) is 28.1 Å². The van der Waals surface area contributed by atoms with E-state index in [2.05, 4.69) is 18.2 Å². The molecule has 0 aromatic heterocycles. The average Bonchev–Trinajstić information content (AvgIpc) is 2.96. The predicted octanol–water partition coefficient (Wildman–Crippen LogP) is 6.10. The van der Waals surface area contributed by atoms with Gasteiger partial charge in [-0.1, -0.05) is 66.4 Å². The van der Waals surface area contributed by atoms with Gasteiger partial charge < -0.3 is 9.64 Å². The maximum atomic E-state index is 13.2. The number of carbonyl (C=O) groups excluding carboxylic acids is 3. The molecule has 2 amide bonds. The van der Waals surface area contributed by atoms with E-state index in [9.17, 15) is 19.6 Å². The Morgan fingerprint density at radius 3 is 2.44 bits per heavy atom. The number of amides is 2. The van der Waals surface area contributed by atoms with Crippen LogP contribution in [0.5, 0.6) is 0 Å². The van der Waals surface area contributed by atoms with E-state index in [1.165, 1.54) is 29.1 Å². The number of nitrogens with zero attached hydrogens (tertiary/aromatic N) is 3. The van der Waals surface area contributed by atoms with Crippen molar-refractivity contribution in [2.75, 3.05) is 37.9 Å². The number of hydrogen-bond donors (Lipinski definition) is 0. The monoisotopic (exact) mass is 605 g/mol. The minimum Gasteiger partial charge on any atom is -0.464 e. The third-order valence-corrected chi connectivity index (χ3v) is 9.60. The summed E-state index contributed by atoms with van der Waals surface area (Å²) in [7, 11) is 3.82. The number of nitriles is 1. The molecule has 1 heterocycles. The lowest BCUT2D eigenvalue weighted by Gasteiger charge is -2.28. The third kappa shape index (κ3) is 7.28. The van der Waals surface area contributed by atoms with Crippen LogP contribution >= 0.6 is 35.7 Å². The van der Waals surface area contributed by atoms with E-state index in [1.807, 2.05) is 49.3 Å². The molecule has 0 aliphatic carbocycles. The van der Waals surface area contributed by atoms with E-state index < -0.39 is 22.5 Å². The highest BCUT2D eigenvalue weighted by molar-refractivity contribution is 8.47. The molecule has 10 heteroatoms. The Bertz CT molecular complexity index is 1500. The van der Waals surface area contributed by atoms with Crippen molar-refractivity contribution in [2.45, 2.75) is 30.9 Å². The molecule has 1 aliphatic rings. The summed E-state index contributed by atoms with van der Waals surface area (Å²) in [5.74, 6) is -0.508. The van der Waals surface area contributed by atoms with Crippen molar-refractivity contribution in [1.29, 1.82) is 5.26 Å². The summed E-state index contributed by atoms with van der Waals surface area (Å²) in [6.07, 6.45) is 1.16. The molecule has 0 bridgehead atoms. The summed E-state index contributed by atoms with van der Waals surface area (Å²) >= 11 is 8.30. The molecule has 3 aromatic rings. The van der Waals surface area contributed by atoms with Crippen molar-refractivity contribution < 1.29 is 19.1 Å². The summed E-state index contributed by atoms with van der Waals surface area (Å²) < 4.78 is 5.15. The van der Waals surface area contributed by atoms with E-state index in [-0.39, 0.29) is 26.0 Å².